The average Bonchev–Trinajstić information content (AvgIpc) is 2.27. The molecule has 4 heteroatoms. The Balaban J connectivity index is 2.69. The van der Waals surface area contributed by atoms with Crippen LogP contribution in [0.2, 0.25) is 0 Å². The molecule has 0 radical (unpaired) electrons. The summed E-state index contributed by atoms with van der Waals surface area (Å²) in [5.74, 6) is 0. The largest absolute Gasteiger partial charge is 0.377 e. The van der Waals surface area contributed by atoms with Gasteiger partial charge < -0.3 is 5.32 Å². The molecule has 16 heavy (non-hydrogen) atoms. The lowest BCUT2D eigenvalue weighted by molar-refractivity contribution is -0.384. The zero-order valence-corrected chi connectivity index (χ0v) is 9.77. The quantitative estimate of drug-likeness (QED) is 0.591. The molecule has 0 heterocycles. The van der Waals surface area contributed by atoms with Gasteiger partial charge in [-0.15, -0.1) is 0 Å². The fourth-order valence-electron chi connectivity index (χ4n) is 1.60. The molecule has 0 saturated carbocycles. The first kappa shape index (κ1) is 12.5. The molecule has 1 unspecified atom stereocenters. The van der Waals surface area contributed by atoms with Crippen molar-refractivity contribution in [2.24, 2.45) is 0 Å². The van der Waals surface area contributed by atoms with E-state index in [1.807, 2.05) is 13.0 Å². The molecule has 0 aromatic heterocycles. The Kier molecular flexibility index (Phi) is 4.76. The minimum Gasteiger partial charge on any atom is -0.377 e. The van der Waals surface area contributed by atoms with Gasteiger partial charge in [-0.2, -0.15) is 0 Å². The highest BCUT2D eigenvalue weighted by molar-refractivity contribution is 5.61. The Morgan fingerprint density at radius 2 is 2.12 bits per heavy atom. The summed E-state index contributed by atoms with van der Waals surface area (Å²) in [5, 5.41) is 14.0. The van der Waals surface area contributed by atoms with E-state index in [9.17, 15) is 10.1 Å². The van der Waals surface area contributed by atoms with Crippen molar-refractivity contribution in [2.45, 2.75) is 39.2 Å². The molecule has 1 aromatic carbocycles. The Labute approximate surface area is 95.8 Å². The lowest BCUT2D eigenvalue weighted by Crippen LogP contribution is -2.15. The minimum atomic E-state index is -0.352. The van der Waals surface area contributed by atoms with Crippen LogP contribution >= 0.6 is 0 Å². The molecule has 4 nitrogen and oxygen atoms in total. The van der Waals surface area contributed by atoms with Crippen molar-refractivity contribution in [3.63, 3.8) is 0 Å². The first-order chi connectivity index (χ1) is 7.65. The monoisotopic (exact) mass is 222 g/mol. The third-order valence-corrected chi connectivity index (χ3v) is 2.49. The average molecular weight is 222 g/mol. The van der Waals surface area contributed by atoms with Gasteiger partial charge in [-0.25, -0.2) is 0 Å². The summed E-state index contributed by atoms with van der Waals surface area (Å²) >= 11 is 0. The van der Waals surface area contributed by atoms with E-state index in [-0.39, 0.29) is 16.7 Å². The summed E-state index contributed by atoms with van der Waals surface area (Å²) in [6.45, 7) is 4.18. The molecule has 0 spiro atoms. The van der Waals surface area contributed by atoms with Crippen LogP contribution in [-0.4, -0.2) is 11.0 Å². The number of nitrogens with zero attached hydrogens (tertiary/aromatic N) is 1. The first-order valence-electron chi connectivity index (χ1n) is 5.65. The summed E-state index contributed by atoms with van der Waals surface area (Å²) in [5.41, 5.74) is 0.752. The number of rotatable bonds is 6. The fourth-order valence-corrected chi connectivity index (χ4v) is 1.60. The highest BCUT2D eigenvalue weighted by Gasteiger charge is 2.13. The van der Waals surface area contributed by atoms with E-state index in [0.29, 0.717) is 5.69 Å². The molecule has 0 saturated heterocycles. The number of unbranched alkanes of at least 4 members (excludes halogenated alkanes) is 1. The fraction of sp³-hybridized carbons (Fsp3) is 0.500. The van der Waals surface area contributed by atoms with Crippen LogP contribution in [0.25, 0.3) is 0 Å². The number of benzene rings is 1. The van der Waals surface area contributed by atoms with Gasteiger partial charge in [0.2, 0.25) is 0 Å². The second-order valence-corrected chi connectivity index (χ2v) is 3.96. The van der Waals surface area contributed by atoms with Crippen molar-refractivity contribution in [2.75, 3.05) is 5.32 Å². The summed E-state index contributed by atoms with van der Waals surface area (Å²) in [6.07, 6.45) is 3.31. The van der Waals surface area contributed by atoms with Gasteiger partial charge in [-0.3, -0.25) is 10.1 Å². The third-order valence-electron chi connectivity index (χ3n) is 2.49. The molecule has 1 atom stereocenters. The van der Waals surface area contributed by atoms with Crippen molar-refractivity contribution in [1.82, 2.24) is 0 Å². The second kappa shape index (κ2) is 6.10. The molecule has 0 amide bonds. The molecule has 0 bridgehead atoms. The maximum absolute atomic E-state index is 10.8. The van der Waals surface area contributed by atoms with E-state index >= 15 is 0 Å². The highest BCUT2D eigenvalue weighted by Crippen LogP contribution is 2.24. The molecular formula is C12H18N2O2. The summed E-state index contributed by atoms with van der Waals surface area (Å²) < 4.78 is 0. The molecule has 0 aliphatic carbocycles. The zero-order chi connectivity index (χ0) is 12.0. The third kappa shape index (κ3) is 3.53. The van der Waals surface area contributed by atoms with E-state index in [1.165, 1.54) is 6.07 Å². The standard InChI is InChI=1S/C12H18N2O2/c1-3-4-7-10(2)13-11-8-5-6-9-12(11)14(15)16/h5-6,8-10,13H,3-4,7H2,1-2H3. The predicted molar refractivity (Wildman–Crippen MR) is 65.7 cm³/mol. The van der Waals surface area contributed by atoms with Crippen LogP contribution in [0.1, 0.15) is 33.1 Å². The number of nitro benzene ring substituents is 1. The molecule has 88 valence electrons. The Hall–Kier alpha value is -1.58. The number of anilines is 1. The predicted octanol–water partition coefficient (Wildman–Crippen LogP) is 3.59. The van der Waals surface area contributed by atoms with Gasteiger partial charge in [0.15, 0.2) is 0 Å². The van der Waals surface area contributed by atoms with Crippen LogP contribution < -0.4 is 5.32 Å². The smallest absolute Gasteiger partial charge is 0.292 e. The van der Waals surface area contributed by atoms with Crippen molar-refractivity contribution in [3.8, 4) is 0 Å². The van der Waals surface area contributed by atoms with Crippen molar-refractivity contribution < 1.29 is 4.92 Å². The first-order valence-corrected chi connectivity index (χ1v) is 5.65. The molecule has 1 N–H and O–H groups in total. The molecule has 0 aliphatic rings. The Bertz CT molecular complexity index is 353. The van der Waals surface area contributed by atoms with Crippen LogP contribution in [0.3, 0.4) is 0 Å². The summed E-state index contributed by atoms with van der Waals surface area (Å²) in [7, 11) is 0. The van der Waals surface area contributed by atoms with E-state index < -0.39 is 0 Å². The lowest BCUT2D eigenvalue weighted by Gasteiger charge is -2.14. The lowest BCUT2D eigenvalue weighted by atomic mass is 10.1. The zero-order valence-electron chi connectivity index (χ0n) is 9.77. The Morgan fingerprint density at radius 3 is 2.75 bits per heavy atom. The summed E-state index contributed by atoms with van der Waals surface area (Å²) in [6, 6.07) is 7.03. The van der Waals surface area contributed by atoms with Crippen LogP contribution in [0.15, 0.2) is 24.3 Å². The van der Waals surface area contributed by atoms with Gasteiger partial charge in [0, 0.05) is 12.1 Å². The number of nitrogens with one attached hydrogen (secondary N) is 1. The topological polar surface area (TPSA) is 55.2 Å². The molecule has 0 fully saturated rings. The number of para-hydroxylation sites is 2. The molecule has 1 aromatic rings. The van der Waals surface area contributed by atoms with Gasteiger partial charge in [-0.05, 0) is 19.4 Å². The van der Waals surface area contributed by atoms with Crippen molar-refractivity contribution in [3.05, 3.63) is 34.4 Å². The van der Waals surface area contributed by atoms with Crippen molar-refractivity contribution >= 4 is 11.4 Å². The molecule has 0 aliphatic heterocycles. The molecular weight excluding hydrogens is 204 g/mol. The van der Waals surface area contributed by atoms with E-state index in [4.69, 9.17) is 0 Å². The van der Waals surface area contributed by atoms with Crippen molar-refractivity contribution in [1.29, 1.82) is 0 Å². The van der Waals surface area contributed by atoms with E-state index in [2.05, 4.69) is 12.2 Å². The van der Waals surface area contributed by atoms with E-state index in [0.717, 1.165) is 19.3 Å². The second-order valence-electron chi connectivity index (χ2n) is 3.96. The summed E-state index contributed by atoms with van der Waals surface area (Å²) in [4.78, 5) is 10.4. The van der Waals surface area contributed by atoms with Gasteiger partial charge in [0.25, 0.3) is 5.69 Å². The Morgan fingerprint density at radius 1 is 1.44 bits per heavy atom. The maximum Gasteiger partial charge on any atom is 0.292 e. The van der Waals surface area contributed by atoms with Gasteiger partial charge >= 0.3 is 0 Å². The molecule has 1 rings (SSSR count). The maximum atomic E-state index is 10.8. The number of hydrogen-bond acceptors (Lipinski definition) is 3. The van der Waals surface area contributed by atoms with Gasteiger partial charge in [-0.1, -0.05) is 31.9 Å². The van der Waals surface area contributed by atoms with Crippen LogP contribution in [0.5, 0.6) is 0 Å². The number of nitro groups is 1. The SMILES string of the molecule is CCCCC(C)Nc1ccccc1[N+](=O)[O-]. The van der Waals surface area contributed by atoms with Crippen LogP contribution in [-0.2, 0) is 0 Å². The van der Waals surface area contributed by atoms with Gasteiger partial charge in [0.1, 0.15) is 5.69 Å². The normalized spacial score (nSPS) is 12.1. The van der Waals surface area contributed by atoms with E-state index in [1.54, 1.807) is 12.1 Å². The van der Waals surface area contributed by atoms with Crippen LogP contribution in [0, 0.1) is 10.1 Å². The highest BCUT2D eigenvalue weighted by atomic mass is 16.6. The number of hydrogen-bond donors (Lipinski definition) is 1. The van der Waals surface area contributed by atoms with Crippen LogP contribution in [0.4, 0.5) is 11.4 Å². The minimum absolute atomic E-state index is 0.144. The van der Waals surface area contributed by atoms with Gasteiger partial charge in [0.05, 0.1) is 4.92 Å².